The van der Waals surface area contributed by atoms with Gasteiger partial charge in [0.25, 0.3) is 11.5 Å². The van der Waals surface area contributed by atoms with Gasteiger partial charge < -0.3 is 10.0 Å². The van der Waals surface area contributed by atoms with Crippen LogP contribution in [-0.2, 0) is 11.8 Å². The van der Waals surface area contributed by atoms with Crippen molar-refractivity contribution in [1.29, 1.82) is 0 Å². The van der Waals surface area contributed by atoms with Crippen LogP contribution < -0.4 is 5.56 Å². The maximum atomic E-state index is 12.5. The lowest BCUT2D eigenvalue weighted by molar-refractivity contribution is -0.142. The largest absolute Gasteiger partial charge is 0.481 e. The molecule has 1 N–H and O–H groups in total. The highest BCUT2D eigenvalue weighted by molar-refractivity contribution is 5.93. The number of amides is 1. The van der Waals surface area contributed by atoms with Gasteiger partial charge in [-0.3, -0.25) is 14.4 Å². The number of hydrogen-bond donors (Lipinski definition) is 1. The minimum absolute atomic E-state index is 0.0207. The molecule has 106 valence electrons. The summed E-state index contributed by atoms with van der Waals surface area (Å²) in [6.07, 6.45) is 2.07. The van der Waals surface area contributed by atoms with E-state index in [0.717, 1.165) is 17.5 Å². The molecule has 0 saturated carbocycles. The number of aryl methyl sites for hydroxylation is 1. The zero-order valence-corrected chi connectivity index (χ0v) is 11.0. The molecule has 0 aliphatic carbocycles. The lowest BCUT2D eigenvalue weighted by Gasteiger charge is -2.22. The van der Waals surface area contributed by atoms with E-state index in [9.17, 15) is 19.5 Å². The molecular formula is C13H15N3O4. The summed E-state index contributed by atoms with van der Waals surface area (Å²) >= 11 is 0. The third-order valence-corrected chi connectivity index (χ3v) is 4.27. The fourth-order valence-electron chi connectivity index (χ4n) is 3.32. The van der Waals surface area contributed by atoms with Crippen molar-refractivity contribution in [3.63, 3.8) is 0 Å². The molecule has 2 aliphatic rings. The van der Waals surface area contributed by atoms with Gasteiger partial charge in [-0.2, -0.15) is 5.10 Å². The molecule has 2 bridgehead atoms. The average Bonchev–Trinajstić information content (AvgIpc) is 2.98. The summed E-state index contributed by atoms with van der Waals surface area (Å²) in [5.74, 6) is -1.61. The number of carbonyl (C=O) groups is 2. The van der Waals surface area contributed by atoms with Crippen LogP contribution in [0, 0.1) is 5.92 Å². The van der Waals surface area contributed by atoms with Crippen molar-refractivity contribution < 1.29 is 14.7 Å². The van der Waals surface area contributed by atoms with Gasteiger partial charge in [-0.1, -0.05) is 0 Å². The summed E-state index contributed by atoms with van der Waals surface area (Å²) in [6, 6.07) is 2.43. The molecule has 1 aromatic rings. The average molecular weight is 277 g/mol. The minimum atomic E-state index is -0.844. The van der Waals surface area contributed by atoms with Gasteiger partial charge in [0, 0.05) is 25.2 Å². The predicted octanol–water partition coefficient (Wildman–Crippen LogP) is -0.142. The summed E-state index contributed by atoms with van der Waals surface area (Å²) in [6.45, 7) is 0. The number of aliphatic carboxylic acids is 1. The molecule has 2 fully saturated rings. The van der Waals surface area contributed by atoms with Crippen LogP contribution in [0.15, 0.2) is 16.9 Å². The van der Waals surface area contributed by atoms with E-state index in [2.05, 4.69) is 5.10 Å². The number of carboxylic acids is 1. The van der Waals surface area contributed by atoms with E-state index in [0.29, 0.717) is 6.42 Å². The second-order valence-electron chi connectivity index (χ2n) is 5.37. The number of fused-ring (bicyclic) bond motifs is 2. The minimum Gasteiger partial charge on any atom is -0.481 e. The van der Waals surface area contributed by atoms with Crippen molar-refractivity contribution >= 4 is 11.9 Å². The molecule has 0 aromatic carbocycles. The zero-order chi connectivity index (χ0) is 14.4. The normalized spacial score (nSPS) is 27.9. The van der Waals surface area contributed by atoms with E-state index in [1.165, 1.54) is 19.2 Å². The highest BCUT2D eigenvalue weighted by Crippen LogP contribution is 2.42. The number of hydrogen-bond acceptors (Lipinski definition) is 4. The molecule has 20 heavy (non-hydrogen) atoms. The molecule has 0 radical (unpaired) electrons. The van der Waals surface area contributed by atoms with Crippen molar-refractivity contribution in [1.82, 2.24) is 14.7 Å². The van der Waals surface area contributed by atoms with Crippen LogP contribution in [0.3, 0.4) is 0 Å². The molecule has 3 unspecified atom stereocenters. The topological polar surface area (TPSA) is 92.5 Å². The summed E-state index contributed by atoms with van der Waals surface area (Å²) in [4.78, 5) is 36.6. The van der Waals surface area contributed by atoms with E-state index in [4.69, 9.17) is 0 Å². The Kier molecular flexibility index (Phi) is 2.84. The smallest absolute Gasteiger partial charge is 0.308 e. The zero-order valence-electron chi connectivity index (χ0n) is 11.0. The van der Waals surface area contributed by atoms with Gasteiger partial charge in [-0.15, -0.1) is 0 Å². The molecule has 1 aromatic heterocycles. The van der Waals surface area contributed by atoms with E-state index in [1.807, 2.05) is 0 Å². The Morgan fingerprint density at radius 3 is 2.70 bits per heavy atom. The lowest BCUT2D eigenvalue weighted by Crippen LogP contribution is -2.39. The molecule has 2 saturated heterocycles. The number of carbonyl (C=O) groups excluding carboxylic acids is 1. The Hall–Kier alpha value is -2.18. The van der Waals surface area contributed by atoms with Gasteiger partial charge in [0.2, 0.25) is 0 Å². The molecule has 7 nitrogen and oxygen atoms in total. The van der Waals surface area contributed by atoms with Crippen LogP contribution in [-0.4, -0.2) is 43.7 Å². The highest BCUT2D eigenvalue weighted by Gasteiger charge is 2.51. The molecular weight excluding hydrogens is 262 g/mol. The molecule has 3 heterocycles. The van der Waals surface area contributed by atoms with Crippen LogP contribution in [0.25, 0.3) is 0 Å². The van der Waals surface area contributed by atoms with Crippen LogP contribution >= 0.6 is 0 Å². The predicted molar refractivity (Wildman–Crippen MR) is 68.2 cm³/mol. The van der Waals surface area contributed by atoms with Crippen LogP contribution in [0.5, 0.6) is 0 Å². The first-order valence-corrected chi connectivity index (χ1v) is 6.59. The fourth-order valence-corrected chi connectivity index (χ4v) is 3.32. The number of aromatic nitrogens is 2. The van der Waals surface area contributed by atoms with Crippen molar-refractivity contribution in [2.24, 2.45) is 13.0 Å². The number of nitrogens with zero attached hydrogens (tertiary/aromatic N) is 3. The second-order valence-corrected chi connectivity index (χ2v) is 5.37. The van der Waals surface area contributed by atoms with Gasteiger partial charge in [-0.05, 0) is 25.3 Å². The summed E-state index contributed by atoms with van der Waals surface area (Å²) in [5, 5.41) is 13.1. The first kappa shape index (κ1) is 12.8. The summed E-state index contributed by atoms with van der Waals surface area (Å²) in [5.41, 5.74) is -0.0932. The molecule has 7 heteroatoms. The van der Waals surface area contributed by atoms with Gasteiger partial charge in [0.1, 0.15) is 5.69 Å². The van der Waals surface area contributed by atoms with Crippen LogP contribution in [0.2, 0.25) is 0 Å². The summed E-state index contributed by atoms with van der Waals surface area (Å²) in [7, 11) is 1.48. The van der Waals surface area contributed by atoms with Gasteiger partial charge in [0.15, 0.2) is 0 Å². The number of rotatable bonds is 2. The third-order valence-electron chi connectivity index (χ3n) is 4.27. The Morgan fingerprint density at radius 1 is 1.35 bits per heavy atom. The van der Waals surface area contributed by atoms with Crippen LogP contribution in [0.1, 0.15) is 29.8 Å². The Labute approximate surface area is 114 Å². The van der Waals surface area contributed by atoms with Gasteiger partial charge in [0.05, 0.1) is 5.92 Å². The highest BCUT2D eigenvalue weighted by atomic mass is 16.4. The molecule has 3 rings (SSSR count). The van der Waals surface area contributed by atoms with E-state index >= 15 is 0 Å². The van der Waals surface area contributed by atoms with E-state index in [-0.39, 0.29) is 29.2 Å². The van der Waals surface area contributed by atoms with Crippen molar-refractivity contribution in [2.45, 2.75) is 31.3 Å². The Morgan fingerprint density at radius 2 is 2.10 bits per heavy atom. The first-order chi connectivity index (χ1) is 9.49. The van der Waals surface area contributed by atoms with E-state index < -0.39 is 11.9 Å². The van der Waals surface area contributed by atoms with Crippen molar-refractivity contribution in [3.05, 3.63) is 28.2 Å². The Bertz CT molecular complexity index is 639. The maximum absolute atomic E-state index is 12.5. The maximum Gasteiger partial charge on any atom is 0.308 e. The van der Waals surface area contributed by atoms with Gasteiger partial charge in [-0.25, -0.2) is 4.68 Å². The Balaban J connectivity index is 1.90. The number of carboxylic acid groups (broad SMARTS) is 1. The molecule has 0 spiro atoms. The van der Waals surface area contributed by atoms with E-state index in [1.54, 1.807) is 4.90 Å². The third kappa shape index (κ3) is 1.81. The molecule has 1 amide bonds. The first-order valence-electron chi connectivity index (χ1n) is 6.59. The molecule has 2 aliphatic heterocycles. The van der Waals surface area contributed by atoms with Gasteiger partial charge >= 0.3 is 5.97 Å². The van der Waals surface area contributed by atoms with Crippen LogP contribution in [0.4, 0.5) is 0 Å². The van der Waals surface area contributed by atoms with Crippen molar-refractivity contribution in [3.8, 4) is 0 Å². The SMILES string of the molecule is Cn1nc(C(=O)N2C3CCC2C(C(=O)O)C3)ccc1=O. The fraction of sp³-hybridized carbons (Fsp3) is 0.538. The summed E-state index contributed by atoms with van der Waals surface area (Å²) < 4.78 is 1.11. The van der Waals surface area contributed by atoms with Crippen molar-refractivity contribution in [2.75, 3.05) is 0 Å². The lowest BCUT2D eigenvalue weighted by atomic mass is 9.89. The second kappa shape index (κ2) is 4.43. The monoisotopic (exact) mass is 277 g/mol. The molecule has 3 atom stereocenters. The quantitative estimate of drug-likeness (QED) is 0.812. The standard InChI is InChI=1S/C13H15N3O4/c1-15-11(17)5-3-9(14-15)12(18)16-7-2-4-10(16)8(6-7)13(19)20/h3,5,7-8,10H,2,4,6H2,1H3,(H,19,20).